The maximum absolute atomic E-state index is 12.8. The van der Waals surface area contributed by atoms with E-state index in [0.29, 0.717) is 13.0 Å². The van der Waals surface area contributed by atoms with Crippen molar-refractivity contribution in [1.29, 1.82) is 0 Å². The van der Waals surface area contributed by atoms with Gasteiger partial charge in [-0.05, 0) is 24.5 Å². The lowest BCUT2D eigenvalue weighted by Crippen LogP contribution is -2.22. The molecule has 0 spiro atoms. The summed E-state index contributed by atoms with van der Waals surface area (Å²) in [4.78, 5) is 0. The van der Waals surface area contributed by atoms with Gasteiger partial charge >= 0.3 is 6.18 Å². The van der Waals surface area contributed by atoms with E-state index in [4.69, 9.17) is 4.74 Å². The Kier molecular flexibility index (Phi) is 4.39. The topological polar surface area (TPSA) is 43.4 Å². The van der Waals surface area contributed by atoms with E-state index in [1.165, 1.54) is 18.2 Å². The van der Waals surface area contributed by atoms with Crippen LogP contribution in [0.3, 0.4) is 0 Å². The highest BCUT2D eigenvalue weighted by molar-refractivity contribution is 7.90. The van der Waals surface area contributed by atoms with Crippen molar-refractivity contribution in [1.82, 2.24) is 0 Å². The predicted octanol–water partition coefficient (Wildman–Crippen LogP) is 2.80. The van der Waals surface area contributed by atoms with Gasteiger partial charge in [0.05, 0.1) is 23.2 Å². The van der Waals surface area contributed by atoms with E-state index in [2.05, 4.69) is 0 Å². The monoisotopic (exact) mass is 308 g/mol. The van der Waals surface area contributed by atoms with Crippen LogP contribution in [0.1, 0.15) is 24.0 Å². The van der Waals surface area contributed by atoms with E-state index in [0.717, 1.165) is 12.5 Å². The molecule has 112 valence electrons. The van der Waals surface area contributed by atoms with Crippen molar-refractivity contribution in [2.24, 2.45) is 0 Å². The molecule has 20 heavy (non-hydrogen) atoms. The van der Waals surface area contributed by atoms with Gasteiger partial charge in [0, 0.05) is 6.61 Å². The second kappa shape index (κ2) is 5.73. The lowest BCUT2D eigenvalue weighted by molar-refractivity contribution is -0.138. The first-order valence-corrected chi connectivity index (χ1v) is 8.07. The number of halogens is 3. The second-order valence-electron chi connectivity index (χ2n) is 4.84. The fourth-order valence-corrected chi connectivity index (χ4v) is 3.95. The fourth-order valence-electron chi connectivity index (χ4n) is 2.28. The Morgan fingerprint density at radius 3 is 2.55 bits per heavy atom. The van der Waals surface area contributed by atoms with Gasteiger partial charge in [-0.15, -0.1) is 0 Å². The molecule has 0 unspecified atom stereocenters. The highest BCUT2D eigenvalue weighted by Gasteiger charge is 2.34. The minimum Gasteiger partial charge on any atom is -0.377 e. The van der Waals surface area contributed by atoms with Crippen LogP contribution < -0.4 is 0 Å². The fraction of sp³-hybridized carbons (Fsp3) is 0.538. The molecule has 1 heterocycles. The van der Waals surface area contributed by atoms with Gasteiger partial charge in [0.25, 0.3) is 0 Å². The molecule has 0 N–H and O–H groups in total. The van der Waals surface area contributed by atoms with Gasteiger partial charge in [0.2, 0.25) is 0 Å². The minimum atomic E-state index is -4.55. The number of rotatable bonds is 4. The summed E-state index contributed by atoms with van der Waals surface area (Å²) in [6.07, 6.45) is -3.51. The van der Waals surface area contributed by atoms with Crippen molar-refractivity contribution >= 4 is 9.84 Å². The summed E-state index contributed by atoms with van der Waals surface area (Å²) in [7, 11) is -3.63. The highest BCUT2D eigenvalue weighted by atomic mass is 32.2. The molecule has 0 aliphatic carbocycles. The zero-order valence-corrected chi connectivity index (χ0v) is 11.5. The molecule has 7 heteroatoms. The van der Waals surface area contributed by atoms with Crippen molar-refractivity contribution in [2.75, 3.05) is 12.4 Å². The molecule has 0 amide bonds. The Balaban J connectivity index is 2.16. The molecule has 2 rings (SSSR count). The largest absolute Gasteiger partial charge is 0.416 e. The molecule has 0 radical (unpaired) electrons. The first kappa shape index (κ1) is 15.3. The van der Waals surface area contributed by atoms with Crippen LogP contribution >= 0.6 is 0 Å². The number of alkyl halides is 3. The SMILES string of the molecule is O=S(=O)(Cc1ccccc1C(F)(F)F)C[C@H]1CCCO1. The number of sulfone groups is 1. The van der Waals surface area contributed by atoms with E-state index in [9.17, 15) is 21.6 Å². The Labute approximate surface area is 115 Å². The third-order valence-corrected chi connectivity index (χ3v) is 4.79. The Bertz CT molecular complexity index is 560. The van der Waals surface area contributed by atoms with Gasteiger partial charge < -0.3 is 4.74 Å². The Morgan fingerprint density at radius 1 is 1.25 bits per heavy atom. The van der Waals surface area contributed by atoms with Gasteiger partial charge in [-0.25, -0.2) is 8.42 Å². The number of benzene rings is 1. The molecule has 0 aromatic heterocycles. The van der Waals surface area contributed by atoms with Crippen LogP contribution in [-0.4, -0.2) is 26.9 Å². The van der Waals surface area contributed by atoms with Gasteiger partial charge in [-0.2, -0.15) is 13.2 Å². The van der Waals surface area contributed by atoms with Crippen LogP contribution in [0.2, 0.25) is 0 Å². The summed E-state index contributed by atoms with van der Waals surface area (Å²) in [5.41, 5.74) is -1.10. The molecule has 1 fully saturated rings. The van der Waals surface area contributed by atoms with Crippen LogP contribution in [0.15, 0.2) is 24.3 Å². The van der Waals surface area contributed by atoms with Crippen molar-refractivity contribution in [2.45, 2.75) is 30.9 Å². The van der Waals surface area contributed by atoms with Crippen molar-refractivity contribution in [3.8, 4) is 0 Å². The van der Waals surface area contributed by atoms with E-state index in [1.54, 1.807) is 0 Å². The summed E-state index contributed by atoms with van der Waals surface area (Å²) in [6.45, 7) is 0.513. The Morgan fingerprint density at radius 2 is 1.95 bits per heavy atom. The molecule has 1 aromatic carbocycles. The zero-order chi connectivity index (χ0) is 14.8. The van der Waals surface area contributed by atoms with Crippen LogP contribution in [0.5, 0.6) is 0 Å². The average molecular weight is 308 g/mol. The Hall–Kier alpha value is -1.08. The highest BCUT2D eigenvalue weighted by Crippen LogP contribution is 2.32. The standard InChI is InChI=1S/C13H15F3O3S/c14-13(15,16)12-6-2-1-4-10(12)8-20(17,18)9-11-5-3-7-19-11/h1-2,4,6,11H,3,5,7-9H2/t11-/m1/s1. The van der Waals surface area contributed by atoms with E-state index in [-0.39, 0.29) is 11.3 Å². The zero-order valence-electron chi connectivity index (χ0n) is 10.7. The minimum absolute atomic E-state index is 0.210. The second-order valence-corrected chi connectivity index (χ2v) is 6.95. The lowest BCUT2D eigenvalue weighted by atomic mass is 10.1. The molecule has 1 atom stereocenters. The summed E-state index contributed by atoms with van der Waals surface area (Å²) >= 11 is 0. The maximum Gasteiger partial charge on any atom is 0.416 e. The number of ether oxygens (including phenoxy) is 1. The molecular weight excluding hydrogens is 293 g/mol. The smallest absolute Gasteiger partial charge is 0.377 e. The molecule has 1 saturated heterocycles. The third kappa shape index (κ3) is 3.96. The summed E-state index contributed by atoms with van der Waals surface area (Å²) in [5.74, 6) is -0.832. The van der Waals surface area contributed by atoms with E-state index >= 15 is 0 Å². The lowest BCUT2D eigenvalue weighted by Gasteiger charge is -2.14. The molecule has 1 aliphatic heterocycles. The van der Waals surface area contributed by atoms with Crippen LogP contribution in [-0.2, 0) is 26.5 Å². The average Bonchev–Trinajstić information content (AvgIpc) is 2.79. The first-order chi connectivity index (χ1) is 9.28. The van der Waals surface area contributed by atoms with Gasteiger partial charge in [-0.1, -0.05) is 18.2 Å². The van der Waals surface area contributed by atoms with E-state index < -0.39 is 33.4 Å². The summed E-state index contributed by atoms with van der Waals surface area (Å²) in [5, 5.41) is 0. The molecular formula is C13H15F3O3S. The number of hydrogen-bond acceptors (Lipinski definition) is 3. The quantitative estimate of drug-likeness (QED) is 0.859. The van der Waals surface area contributed by atoms with Crippen molar-refractivity contribution in [3.05, 3.63) is 35.4 Å². The van der Waals surface area contributed by atoms with Crippen molar-refractivity contribution in [3.63, 3.8) is 0 Å². The van der Waals surface area contributed by atoms with Crippen LogP contribution in [0, 0.1) is 0 Å². The van der Waals surface area contributed by atoms with Gasteiger partial charge in [-0.3, -0.25) is 0 Å². The van der Waals surface area contributed by atoms with Crippen LogP contribution in [0.25, 0.3) is 0 Å². The van der Waals surface area contributed by atoms with Crippen LogP contribution in [0.4, 0.5) is 13.2 Å². The van der Waals surface area contributed by atoms with Gasteiger partial charge in [0.15, 0.2) is 9.84 Å². The summed E-state index contributed by atoms with van der Waals surface area (Å²) in [6, 6.07) is 4.76. The summed E-state index contributed by atoms with van der Waals surface area (Å²) < 4.78 is 67.6. The third-order valence-electron chi connectivity index (χ3n) is 3.16. The normalized spacial score (nSPS) is 20.2. The first-order valence-electron chi connectivity index (χ1n) is 6.25. The van der Waals surface area contributed by atoms with Gasteiger partial charge in [0.1, 0.15) is 0 Å². The molecule has 0 bridgehead atoms. The molecule has 1 aliphatic rings. The predicted molar refractivity (Wildman–Crippen MR) is 67.9 cm³/mol. The molecule has 3 nitrogen and oxygen atoms in total. The molecule has 0 saturated carbocycles. The van der Waals surface area contributed by atoms with Crippen molar-refractivity contribution < 1.29 is 26.3 Å². The molecule has 1 aromatic rings. The van der Waals surface area contributed by atoms with E-state index in [1.807, 2.05) is 0 Å². The maximum atomic E-state index is 12.8. The number of hydrogen-bond donors (Lipinski definition) is 0.